The van der Waals surface area contributed by atoms with E-state index in [1.54, 1.807) is 0 Å². The van der Waals surface area contributed by atoms with E-state index in [4.69, 9.17) is 5.26 Å². The van der Waals surface area contributed by atoms with Crippen molar-refractivity contribution < 1.29 is 10.1 Å². The third kappa shape index (κ3) is 2.47. The Kier molecular flexibility index (Phi) is 3.50. The van der Waals surface area contributed by atoms with Crippen molar-refractivity contribution in [3.05, 3.63) is 23.3 Å². The van der Waals surface area contributed by atoms with E-state index in [2.05, 4.69) is 24.0 Å². The molecule has 0 bridgehead atoms. The zero-order chi connectivity index (χ0) is 8.97. The van der Waals surface area contributed by atoms with E-state index in [9.17, 15) is 0 Å². The molecule has 1 aliphatic rings. The summed E-state index contributed by atoms with van der Waals surface area (Å²) in [5.41, 5.74) is 2.43. The first kappa shape index (κ1) is 9.49. The van der Waals surface area contributed by atoms with Crippen LogP contribution in [-0.2, 0) is 4.89 Å². The molecule has 0 radical (unpaired) electrons. The highest BCUT2D eigenvalue weighted by Crippen LogP contribution is 2.23. The average Bonchev–Trinajstić information content (AvgIpc) is 2.06. The lowest BCUT2D eigenvalue weighted by Crippen LogP contribution is -2.02. The number of rotatable bonds is 2. The average molecular weight is 168 g/mol. The van der Waals surface area contributed by atoms with Gasteiger partial charge in [-0.05, 0) is 36.8 Å². The first-order chi connectivity index (χ1) is 5.74. The van der Waals surface area contributed by atoms with E-state index in [1.165, 1.54) is 12.0 Å². The summed E-state index contributed by atoms with van der Waals surface area (Å²) in [6.07, 6.45) is 6.66. The van der Waals surface area contributed by atoms with Crippen molar-refractivity contribution >= 4 is 0 Å². The summed E-state index contributed by atoms with van der Waals surface area (Å²) in [4.78, 5) is 4.09. The summed E-state index contributed by atoms with van der Waals surface area (Å²) in [7, 11) is 0. The minimum Gasteiger partial charge on any atom is -0.251 e. The molecule has 0 saturated carbocycles. The van der Waals surface area contributed by atoms with Gasteiger partial charge in [0, 0.05) is 0 Å². The van der Waals surface area contributed by atoms with Gasteiger partial charge in [0.25, 0.3) is 0 Å². The second-order valence-corrected chi connectivity index (χ2v) is 3.45. The minimum absolute atomic E-state index is 0.327. The highest BCUT2D eigenvalue weighted by atomic mass is 17.1. The minimum atomic E-state index is 0.327. The van der Waals surface area contributed by atoms with Crippen molar-refractivity contribution in [2.75, 3.05) is 6.61 Å². The zero-order valence-corrected chi connectivity index (χ0v) is 7.71. The lowest BCUT2D eigenvalue weighted by atomic mass is 9.92. The summed E-state index contributed by atoms with van der Waals surface area (Å²) in [6.45, 7) is 4.53. The number of allylic oxidation sites excluding steroid dienone is 3. The summed E-state index contributed by atoms with van der Waals surface area (Å²) in [6, 6.07) is 0. The van der Waals surface area contributed by atoms with Crippen LogP contribution < -0.4 is 0 Å². The van der Waals surface area contributed by atoms with Crippen molar-refractivity contribution in [2.45, 2.75) is 26.7 Å². The molecule has 68 valence electrons. The van der Waals surface area contributed by atoms with Gasteiger partial charge < -0.3 is 0 Å². The van der Waals surface area contributed by atoms with Crippen LogP contribution in [0.1, 0.15) is 26.7 Å². The maximum absolute atomic E-state index is 8.26. The van der Waals surface area contributed by atoms with Crippen LogP contribution >= 0.6 is 0 Å². The molecule has 0 aromatic rings. The number of hydrogen-bond acceptors (Lipinski definition) is 2. The highest BCUT2D eigenvalue weighted by molar-refractivity contribution is 5.27. The Balaban J connectivity index is 2.63. The molecule has 1 unspecified atom stereocenters. The van der Waals surface area contributed by atoms with Gasteiger partial charge in [0.15, 0.2) is 0 Å². The molecule has 0 aromatic carbocycles. The van der Waals surface area contributed by atoms with Crippen molar-refractivity contribution in [3.8, 4) is 0 Å². The van der Waals surface area contributed by atoms with E-state index >= 15 is 0 Å². The molecule has 0 saturated heterocycles. The molecule has 0 heterocycles. The van der Waals surface area contributed by atoms with E-state index in [-0.39, 0.29) is 0 Å². The van der Waals surface area contributed by atoms with Gasteiger partial charge in [0.05, 0.1) is 0 Å². The molecule has 2 nitrogen and oxygen atoms in total. The molecular weight excluding hydrogens is 152 g/mol. The van der Waals surface area contributed by atoms with Gasteiger partial charge in [0.1, 0.15) is 6.61 Å². The maximum atomic E-state index is 8.26. The normalized spacial score (nSPS) is 27.4. The van der Waals surface area contributed by atoms with Crippen LogP contribution in [0, 0.1) is 5.92 Å². The van der Waals surface area contributed by atoms with Crippen molar-refractivity contribution in [1.29, 1.82) is 0 Å². The first-order valence-electron chi connectivity index (χ1n) is 4.37. The molecule has 0 aromatic heterocycles. The summed E-state index contributed by atoms with van der Waals surface area (Å²) >= 11 is 0. The summed E-state index contributed by atoms with van der Waals surface area (Å²) in [5, 5.41) is 8.26. The SMILES string of the molecule is C/C(COO)=C1/C=CC(C)CC1. The lowest BCUT2D eigenvalue weighted by molar-refractivity contribution is -0.234. The Morgan fingerprint density at radius 3 is 3.00 bits per heavy atom. The fourth-order valence-electron chi connectivity index (χ4n) is 1.39. The maximum Gasteiger partial charge on any atom is 0.103 e. The predicted molar refractivity (Wildman–Crippen MR) is 48.8 cm³/mol. The zero-order valence-electron chi connectivity index (χ0n) is 7.71. The molecule has 0 aliphatic heterocycles. The van der Waals surface area contributed by atoms with E-state index in [0.717, 1.165) is 12.0 Å². The second-order valence-electron chi connectivity index (χ2n) is 3.45. The molecule has 1 atom stereocenters. The van der Waals surface area contributed by atoms with Gasteiger partial charge in [-0.15, -0.1) is 0 Å². The van der Waals surface area contributed by atoms with E-state index in [1.807, 2.05) is 6.92 Å². The lowest BCUT2D eigenvalue weighted by Gasteiger charge is -2.15. The molecule has 1 aliphatic carbocycles. The molecule has 0 fully saturated rings. The van der Waals surface area contributed by atoms with Crippen molar-refractivity contribution in [2.24, 2.45) is 5.92 Å². The van der Waals surface area contributed by atoms with Crippen LogP contribution in [0.4, 0.5) is 0 Å². The quantitative estimate of drug-likeness (QED) is 0.507. The molecule has 1 rings (SSSR count). The van der Waals surface area contributed by atoms with Crippen molar-refractivity contribution in [1.82, 2.24) is 0 Å². The smallest absolute Gasteiger partial charge is 0.103 e. The first-order valence-corrected chi connectivity index (χ1v) is 4.37. The summed E-state index contributed by atoms with van der Waals surface area (Å²) in [5.74, 6) is 0.691. The van der Waals surface area contributed by atoms with Gasteiger partial charge in [-0.1, -0.05) is 19.1 Å². The Morgan fingerprint density at radius 2 is 2.50 bits per heavy atom. The van der Waals surface area contributed by atoms with Crippen LogP contribution in [0.15, 0.2) is 23.3 Å². The van der Waals surface area contributed by atoms with Gasteiger partial charge >= 0.3 is 0 Å². The number of hydrogen-bond donors (Lipinski definition) is 1. The van der Waals surface area contributed by atoms with Crippen LogP contribution in [-0.4, -0.2) is 11.9 Å². The van der Waals surface area contributed by atoms with Gasteiger partial charge in [0.2, 0.25) is 0 Å². The molecule has 12 heavy (non-hydrogen) atoms. The monoisotopic (exact) mass is 168 g/mol. The van der Waals surface area contributed by atoms with Gasteiger partial charge in [-0.25, -0.2) is 4.89 Å². The summed E-state index contributed by atoms with van der Waals surface area (Å²) < 4.78 is 0. The second kappa shape index (κ2) is 4.43. The standard InChI is InChI=1S/C10H16O2/c1-8-3-5-10(6-4-8)9(2)7-12-11/h3,5,8,11H,4,6-7H2,1-2H3/b10-9+. The third-order valence-corrected chi connectivity index (χ3v) is 2.32. The molecular formula is C10H16O2. The molecule has 0 amide bonds. The Morgan fingerprint density at radius 1 is 1.75 bits per heavy atom. The Hall–Kier alpha value is -0.600. The van der Waals surface area contributed by atoms with E-state index < -0.39 is 0 Å². The van der Waals surface area contributed by atoms with Crippen molar-refractivity contribution in [3.63, 3.8) is 0 Å². The van der Waals surface area contributed by atoms with Crippen LogP contribution in [0.5, 0.6) is 0 Å². The topological polar surface area (TPSA) is 29.5 Å². The fraction of sp³-hybridized carbons (Fsp3) is 0.600. The highest BCUT2D eigenvalue weighted by Gasteiger charge is 2.08. The molecule has 1 N–H and O–H groups in total. The molecule has 2 heteroatoms. The fourth-order valence-corrected chi connectivity index (χ4v) is 1.39. The molecule has 0 spiro atoms. The predicted octanol–water partition coefficient (Wildman–Crippen LogP) is 2.78. The van der Waals surface area contributed by atoms with E-state index in [0.29, 0.717) is 12.5 Å². The van der Waals surface area contributed by atoms with Crippen LogP contribution in [0.25, 0.3) is 0 Å². The van der Waals surface area contributed by atoms with Gasteiger partial charge in [-0.2, -0.15) is 0 Å². The van der Waals surface area contributed by atoms with Crippen LogP contribution in [0.3, 0.4) is 0 Å². The third-order valence-electron chi connectivity index (χ3n) is 2.32. The van der Waals surface area contributed by atoms with Crippen LogP contribution in [0.2, 0.25) is 0 Å². The largest absolute Gasteiger partial charge is 0.251 e. The Bertz CT molecular complexity index is 204. The van der Waals surface area contributed by atoms with Gasteiger partial charge in [-0.3, -0.25) is 5.26 Å². The Labute approximate surface area is 73.5 Å².